The first-order valence-corrected chi connectivity index (χ1v) is 8.37. The summed E-state index contributed by atoms with van der Waals surface area (Å²) in [5, 5.41) is -0.161. The van der Waals surface area contributed by atoms with Gasteiger partial charge in [0.25, 0.3) is 0 Å². The van der Waals surface area contributed by atoms with E-state index in [1.54, 1.807) is 0 Å². The molecule has 2 rings (SSSR count). The Balaban J connectivity index is 0.00000200. The first kappa shape index (κ1) is 18.1. The Kier molecular flexibility index (Phi) is 6.25. The Morgan fingerprint density at radius 2 is 2.10 bits per heavy atom. The van der Waals surface area contributed by atoms with Crippen molar-refractivity contribution in [2.75, 3.05) is 6.54 Å². The van der Waals surface area contributed by atoms with Gasteiger partial charge < -0.3 is 5.73 Å². The summed E-state index contributed by atoms with van der Waals surface area (Å²) in [5.41, 5.74) is 5.57. The van der Waals surface area contributed by atoms with Gasteiger partial charge in [0.05, 0.1) is 5.02 Å². The van der Waals surface area contributed by atoms with E-state index in [1.807, 2.05) is 0 Å². The predicted octanol–water partition coefficient (Wildman–Crippen LogP) is 2.68. The number of hydrogen-bond acceptors (Lipinski definition) is 3. The highest BCUT2D eigenvalue weighted by atomic mass is 79.9. The Hall–Kier alpha value is 0.0800. The van der Waals surface area contributed by atoms with Crippen LogP contribution in [0.25, 0.3) is 0 Å². The van der Waals surface area contributed by atoms with Gasteiger partial charge in [0.2, 0.25) is 10.0 Å². The third kappa shape index (κ3) is 4.05. The Morgan fingerprint density at radius 1 is 1.50 bits per heavy atom. The zero-order chi connectivity index (χ0) is 14.2. The van der Waals surface area contributed by atoms with Gasteiger partial charge in [-0.3, -0.25) is 0 Å². The Morgan fingerprint density at radius 3 is 2.55 bits per heavy atom. The summed E-state index contributed by atoms with van der Waals surface area (Å²) in [5.74, 6) is -0.328. The summed E-state index contributed by atoms with van der Waals surface area (Å²) in [4.78, 5) is -0.158. The van der Waals surface area contributed by atoms with Crippen LogP contribution in [0.5, 0.6) is 0 Å². The van der Waals surface area contributed by atoms with Crippen molar-refractivity contribution in [1.29, 1.82) is 0 Å². The van der Waals surface area contributed by atoms with E-state index in [9.17, 15) is 12.8 Å². The lowest BCUT2D eigenvalue weighted by Gasteiger charge is -2.17. The molecule has 0 spiro atoms. The third-order valence-corrected chi connectivity index (χ3v) is 5.87. The topological polar surface area (TPSA) is 72.2 Å². The molecule has 1 atom stereocenters. The SMILES string of the molecule is Cl.NCC(NS(=O)(=O)c1c(Cl)cc(F)cc1Br)C1CC1. The Labute approximate surface area is 136 Å². The van der Waals surface area contributed by atoms with Crippen molar-refractivity contribution in [1.82, 2.24) is 4.72 Å². The van der Waals surface area contributed by atoms with E-state index in [-0.39, 0.29) is 45.3 Å². The summed E-state index contributed by atoms with van der Waals surface area (Å²) in [6.07, 6.45) is 1.92. The van der Waals surface area contributed by atoms with Crippen molar-refractivity contribution < 1.29 is 12.8 Å². The minimum absolute atomic E-state index is 0. The van der Waals surface area contributed by atoms with Gasteiger partial charge in [0.1, 0.15) is 10.7 Å². The second-order valence-electron chi connectivity index (χ2n) is 4.50. The van der Waals surface area contributed by atoms with Gasteiger partial charge in [-0.25, -0.2) is 17.5 Å². The van der Waals surface area contributed by atoms with Crippen LogP contribution in [0.15, 0.2) is 21.5 Å². The summed E-state index contributed by atoms with van der Waals surface area (Å²) in [7, 11) is -3.83. The van der Waals surface area contributed by atoms with Crippen LogP contribution >= 0.6 is 39.9 Å². The third-order valence-electron chi connectivity index (χ3n) is 2.98. The van der Waals surface area contributed by atoms with Gasteiger partial charge in [-0.05, 0) is 46.8 Å². The molecular weight excluding hydrogens is 394 g/mol. The van der Waals surface area contributed by atoms with Crippen LogP contribution in [-0.2, 0) is 10.0 Å². The molecule has 0 aliphatic heterocycles. The molecule has 0 amide bonds. The fourth-order valence-corrected chi connectivity index (χ4v) is 5.01. The van der Waals surface area contributed by atoms with Crippen molar-refractivity contribution in [3.05, 3.63) is 27.4 Å². The molecule has 1 saturated carbocycles. The Bertz CT molecular complexity index is 573. The van der Waals surface area contributed by atoms with Crippen LogP contribution in [0.3, 0.4) is 0 Å². The molecule has 20 heavy (non-hydrogen) atoms. The molecule has 1 aliphatic rings. The van der Waals surface area contributed by atoms with E-state index in [0.29, 0.717) is 0 Å². The fraction of sp³-hybridized carbons (Fsp3) is 0.455. The van der Waals surface area contributed by atoms with Crippen molar-refractivity contribution in [2.45, 2.75) is 23.8 Å². The minimum atomic E-state index is -3.83. The average Bonchev–Trinajstić information content (AvgIpc) is 3.07. The average molecular weight is 408 g/mol. The number of sulfonamides is 1. The zero-order valence-electron chi connectivity index (χ0n) is 10.3. The van der Waals surface area contributed by atoms with E-state index >= 15 is 0 Å². The normalized spacial score (nSPS) is 16.6. The zero-order valence-corrected chi connectivity index (χ0v) is 14.2. The fourth-order valence-electron chi connectivity index (χ4n) is 1.88. The van der Waals surface area contributed by atoms with Crippen molar-refractivity contribution in [2.24, 2.45) is 11.7 Å². The monoisotopic (exact) mass is 406 g/mol. The quantitative estimate of drug-likeness (QED) is 0.787. The smallest absolute Gasteiger partial charge is 0.243 e. The van der Waals surface area contributed by atoms with Crippen LogP contribution in [0, 0.1) is 11.7 Å². The number of benzene rings is 1. The van der Waals surface area contributed by atoms with Gasteiger partial charge in [-0.2, -0.15) is 0 Å². The van der Waals surface area contributed by atoms with Gasteiger partial charge in [-0.1, -0.05) is 11.6 Å². The molecule has 4 nitrogen and oxygen atoms in total. The highest BCUT2D eigenvalue weighted by Gasteiger charge is 2.34. The number of nitrogens with one attached hydrogen (secondary N) is 1. The lowest BCUT2D eigenvalue weighted by molar-refractivity contribution is 0.518. The lowest BCUT2D eigenvalue weighted by Crippen LogP contribution is -2.41. The standard InChI is InChI=1S/C11H13BrClFN2O2S.ClH/c12-8-3-7(14)4-9(13)11(8)19(17,18)16-10(5-15)6-1-2-6;/h3-4,6,10,16H,1-2,5,15H2;1H. The molecule has 1 aliphatic carbocycles. The molecule has 0 bridgehead atoms. The van der Waals surface area contributed by atoms with Gasteiger partial charge in [0, 0.05) is 17.1 Å². The molecule has 3 N–H and O–H groups in total. The van der Waals surface area contributed by atoms with Crippen LogP contribution in [0.1, 0.15) is 12.8 Å². The van der Waals surface area contributed by atoms with Gasteiger partial charge in [-0.15, -0.1) is 12.4 Å². The molecule has 1 aromatic rings. The van der Waals surface area contributed by atoms with Crippen molar-refractivity contribution >= 4 is 50.0 Å². The van der Waals surface area contributed by atoms with Crippen molar-refractivity contribution in [3.63, 3.8) is 0 Å². The maximum absolute atomic E-state index is 13.1. The van der Waals surface area contributed by atoms with E-state index < -0.39 is 15.8 Å². The minimum Gasteiger partial charge on any atom is -0.329 e. The lowest BCUT2D eigenvalue weighted by atomic mass is 10.2. The largest absolute Gasteiger partial charge is 0.329 e. The molecule has 0 heterocycles. The first-order valence-electron chi connectivity index (χ1n) is 5.72. The summed E-state index contributed by atoms with van der Waals surface area (Å²) in [6, 6.07) is 1.72. The number of nitrogens with two attached hydrogens (primary N) is 1. The maximum Gasteiger partial charge on any atom is 0.243 e. The summed E-state index contributed by atoms with van der Waals surface area (Å²) >= 11 is 8.84. The molecule has 114 valence electrons. The number of hydrogen-bond donors (Lipinski definition) is 2. The molecule has 0 aromatic heterocycles. The molecule has 1 fully saturated rings. The van der Waals surface area contributed by atoms with Crippen molar-refractivity contribution in [3.8, 4) is 0 Å². The second-order valence-corrected chi connectivity index (χ2v) is 7.41. The van der Waals surface area contributed by atoms with E-state index in [0.717, 1.165) is 25.0 Å². The van der Waals surface area contributed by atoms with Gasteiger partial charge in [0.15, 0.2) is 0 Å². The molecule has 9 heteroatoms. The number of halogens is 4. The maximum atomic E-state index is 13.1. The molecule has 0 radical (unpaired) electrons. The molecule has 0 saturated heterocycles. The first-order chi connectivity index (χ1) is 8.85. The predicted molar refractivity (Wildman–Crippen MR) is 82.2 cm³/mol. The van der Waals surface area contributed by atoms with Gasteiger partial charge >= 0.3 is 0 Å². The van der Waals surface area contributed by atoms with Crippen LogP contribution in [0.2, 0.25) is 5.02 Å². The highest BCUT2D eigenvalue weighted by Crippen LogP contribution is 2.35. The molecule has 1 unspecified atom stereocenters. The van der Waals surface area contributed by atoms with Crippen LogP contribution < -0.4 is 10.5 Å². The summed E-state index contributed by atoms with van der Waals surface area (Å²) < 4.78 is 40.3. The van der Waals surface area contributed by atoms with E-state index in [2.05, 4.69) is 20.7 Å². The number of rotatable bonds is 5. The van der Waals surface area contributed by atoms with Crippen LogP contribution in [0.4, 0.5) is 4.39 Å². The van der Waals surface area contributed by atoms with E-state index in [4.69, 9.17) is 17.3 Å². The van der Waals surface area contributed by atoms with Crippen LogP contribution in [-0.4, -0.2) is 21.0 Å². The second kappa shape index (κ2) is 6.89. The molecule has 1 aromatic carbocycles. The summed E-state index contributed by atoms with van der Waals surface area (Å²) in [6.45, 7) is 0.223. The highest BCUT2D eigenvalue weighted by molar-refractivity contribution is 9.10. The van der Waals surface area contributed by atoms with E-state index in [1.165, 1.54) is 0 Å². The molecular formula is C11H14BrCl2FN2O2S.